The fourth-order valence-corrected chi connectivity index (χ4v) is 2.07. The smallest absolute Gasteiger partial charge is 0.465 e. The van der Waals surface area contributed by atoms with Gasteiger partial charge in [-0.2, -0.15) is 5.10 Å². The van der Waals surface area contributed by atoms with Gasteiger partial charge in [-0.25, -0.2) is 4.68 Å². The molecule has 8 heteroatoms. The van der Waals surface area contributed by atoms with Crippen LogP contribution in [0.5, 0.6) is 5.75 Å². The first kappa shape index (κ1) is 16.6. The highest BCUT2D eigenvalue weighted by molar-refractivity contribution is 5.98. The second kappa shape index (κ2) is 6.68. The monoisotopic (exact) mass is 348 g/mol. The molecule has 128 valence electrons. The maximum atomic E-state index is 12.5. The van der Waals surface area contributed by atoms with Gasteiger partial charge in [-0.1, -0.05) is 12.1 Å². The summed E-state index contributed by atoms with van der Waals surface area (Å²) in [6.45, 7) is 0. The van der Waals surface area contributed by atoms with Crippen molar-refractivity contribution in [3.8, 4) is 5.75 Å². The number of rotatable bonds is 4. The number of hydrogen-bond donors (Lipinski definition) is 0. The van der Waals surface area contributed by atoms with E-state index in [4.69, 9.17) is 4.42 Å². The van der Waals surface area contributed by atoms with E-state index in [2.05, 4.69) is 9.84 Å². The van der Waals surface area contributed by atoms with E-state index in [9.17, 15) is 18.0 Å². The Morgan fingerprint density at radius 1 is 1.12 bits per heavy atom. The van der Waals surface area contributed by atoms with Gasteiger partial charge in [0.25, 0.3) is 5.91 Å². The Hall–Kier alpha value is -3.29. The average molecular weight is 348 g/mol. The van der Waals surface area contributed by atoms with Crippen LogP contribution in [-0.2, 0) is 0 Å². The Balaban J connectivity index is 1.82. The van der Waals surface area contributed by atoms with Gasteiger partial charge >= 0.3 is 6.36 Å². The zero-order valence-corrected chi connectivity index (χ0v) is 12.6. The highest BCUT2D eigenvalue weighted by Gasteiger charge is 2.33. The van der Waals surface area contributed by atoms with E-state index in [1.807, 2.05) is 0 Å². The molecule has 0 N–H and O–H groups in total. The number of carbonyl (C=O) groups excluding carboxylic acids is 1. The summed E-state index contributed by atoms with van der Waals surface area (Å²) in [5, 5.41) is 4.03. The van der Waals surface area contributed by atoms with E-state index >= 15 is 0 Å². The molecule has 0 unspecified atom stereocenters. The molecular weight excluding hydrogens is 337 g/mol. The summed E-state index contributed by atoms with van der Waals surface area (Å²) in [5.41, 5.74) is 0.198. The molecule has 0 aliphatic heterocycles. The third-order valence-corrected chi connectivity index (χ3v) is 3.12. The lowest BCUT2D eigenvalue weighted by atomic mass is 10.2. The average Bonchev–Trinajstić information content (AvgIpc) is 3.23. The lowest BCUT2D eigenvalue weighted by Crippen LogP contribution is -2.21. The van der Waals surface area contributed by atoms with Crippen molar-refractivity contribution in [2.24, 2.45) is 0 Å². The number of aromatic nitrogens is 2. The maximum absolute atomic E-state index is 12.5. The minimum atomic E-state index is -4.89. The first-order chi connectivity index (χ1) is 11.9. The van der Waals surface area contributed by atoms with Crippen molar-refractivity contribution in [3.63, 3.8) is 0 Å². The third-order valence-electron chi connectivity index (χ3n) is 3.12. The van der Waals surface area contributed by atoms with Gasteiger partial charge in [0.2, 0.25) is 0 Å². The van der Waals surface area contributed by atoms with Gasteiger partial charge in [0.05, 0.1) is 17.5 Å². The summed E-state index contributed by atoms with van der Waals surface area (Å²) in [4.78, 5) is 12.4. The summed E-state index contributed by atoms with van der Waals surface area (Å²) in [7, 11) is 0. The van der Waals surface area contributed by atoms with Crippen LogP contribution in [0.1, 0.15) is 21.8 Å². The molecule has 0 aliphatic rings. The second-order valence-electron chi connectivity index (χ2n) is 4.88. The van der Waals surface area contributed by atoms with Crippen LogP contribution in [0.15, 0.2) is 59.3 Å². The van der Waals surface area contributed by atoms with Gasteiger partial charge in [-0.05, 0) is 42.5 Å². The van der Waals surface area contributed by atoms with Gasteiger partial charge < -0.3 is 9.15 Å². The maximum Gasteiger partial charge on any atom is 0.573 e. The summed E-state index contributed by atoms with van der Waals surface area (Å²) >= 11 is 0. The fourth-order valence-electron chi connectivity index (χ4n) is 2.07. The zero-order chi connectivity index (χ0) is 17.9. The summed E-state index contributed by atoms with van der Waals surface area (Å²) in [5.74, 6) is -0.717. The first-order valence-corrected chi connectivity index (χ1v) is 7.09. The van der Waals surface area contributed by atoms with E-state index in [0.29, 0.717) is 11.5 Å². The van der Waals surface area contributed by atoms with Crippen LogP contribution in [0, 0.1) is 0 Å². The third kappa shape index (κ3) is 4.17. The van der Waals surface area contributed by atoms with Crippen LogP contribution in [-0.4, -0.2) is 22.1 Å². The first-order valence-electron chi connectivity index (χ1n) is 7.09. The molecule has 0 fully saturated rings. The molecule has 3 rings (SSSR count). The minimum absolute atomic E-state index is 0.246. The number of furan rings is 1. The van der Waals surface area contributed by atoms with Gasteiger partial charge in [-0.15, -0.1) is 13.2 Å². The van der Waals surface area contributed by atoms with Gasteiger partial charge in [0, 0.05) is 6.20 Å². The Kier molecular flexibility index (Phi) is 4.42. The van der Waals surface area contributed by atoms with Crippen LogP contribution in [0.4, 0.5) is 13.2 Å². The lowest BCUT2D eigenvalue weighted by Gasteiger charge is -2.12. The Morgan fingerprint density at radius 3 is 2.64 bits per heavy atom. The molecule has 0 saturated carbocycles. The molecule has 0 radical (unpaired) electrons. The van der Waals surface area contributed by atoms with E-state index < -0.39 is 18.0 Å². The zero-order valence-electron chi connectivity index (χ0n) is 12.6. The molecule has 2 heterocycles. The Bertz CT molecular complexity index is 896. The SMILES string of the molecule is O=C(c1ccccc1OC(F)(F)F)n1ccc(/C=C/c2ccco2)n1. The molecule has 0 amide bonds. The van der Waals surface area contributed by atoms with E-state index in [1.54, 1.807) is 30.4 Å². The lowest BCUT2D eigenvalue weighted by molar-refractivity contribution is -0.274. The number of alkyl halides is 3. The molecular formula is C17H11F3N2O3. The van der Waals surface area contributed by atoms with Crippen molar-refractivity contribution in [2.45, 2.75) is 6.36 Å². The Morgan fingerprint density at radius 2 is 1.92 bits per heavy atom. The van der Waals surface area contributed by atoms with Gasteiger partial charge in [0.1, 0.15) is 11.5 Å². The number of para-hydroxylation sites is 1. The summed E-state index contributed by atoms with van der Waals surface area (Å²) in [6.07, 6.45) is 1.24. The van der Waals surface area contributed by atoms with E-state index in [0.717, 1.165) is 10.7 Å². The molecule has 3 aromatic rings. The van der Waals surface area contributed by atoms with Crippen LogP contribution < -0.4 is 4.74 Å². The van der Waals surface area contributed by atoms with Crippen molar-refractivity contribution >= 4 is 18.1 Å². The predicted molar refractivity (Wildman–Crippen MR) is 82.7 cm³/mol. The highest BCUT2D eigenvalue weighted by atomic mass is 19.4. The number of ether oxygens (including phenoxy) is 1. The fraction of sp³-hybridized carbons (Fsp3) is 0.0588. The van der Waals surface area contributed by atoms with Crippen LogP contribution in [0.3, 0.4) is 0 Å². The number of carbonyl (C=O) groups is 1. The number of halogens is 3. The molecule has 5 nitrogen and oxygen atoms in total. The molecule has 0 aliphatic carbocycles. The second-order valence-corrected chi connectivity index (χ2v) is 4.88. The van der Waals surface area contributed by atoms with Crippen LogP contribution in [0.2, 0.25) is 0 Å². The number of hydrogen-bond acceptors (Lipinski definition) is 4. The highest BCUT2D eigenvalue weighted by Crippen LogP contribution is 2.26. The van der Waals surface area contributed by atoms with Gasteiger partial charge in [-0.3, -0.25) is 4.79 Å². The summed E-state index contributed by atoms with van der Waals surface area (Å²) < 4.78 is 47.3. The van der Waals surface area contributed by atoms with Gasteiger partial charge in [0.15, 0.2) is 0 Å². The molecule has 1 aromatic carbocycles. The Labute approximate surface area is 139 Å². The normalized spacial score (nSPS) is 11.8. The molecule has 0 bridgehead atoms. The van der Waals surface area contributed by atoms with Crippen LogP contribution in [0.25, 0.3) is 12.2 Å². The quantitative estimate of drug-likeness (QED) is 0.708. The largest absolute Gasteiger partial charge is 0.573 e. The van der Waals surface area contributed by atoms with Crippen molar-refractivity contribution in [1.82, 2.24) is 9.78 Å². The number of nitrogens with zero attached hydrogens (tertiary/aromatic N) is 2. The number of benzene rings is 1. The molecule has 2 aromatic heterocycles. The predicted octanol–water partition coefficient (Wildman–Crippen LogP) is 4.23. The van der Waals surface area contributed by atoms with Crippen molar-refractivity contribution in [3.05, 3.63) is 71.9 Å². The molecule has 25 heavy (non-hydrogen) atoms. The molecule has 0 atom stereocenters. The van der Waals surface area contributed by atoms with Crippen molar-refractivity contribution in [1.29, 1.82) is 0 Å². The minimum Gasteiger partial charge on any atom is -0.465 e. The standard InChI is InChI=1S/C17H11F3N2O3/c18-17(19,20)25-15-6-2-1-5-14(15)16(23)22-10-9-12(21-22)7-8-13-4-3-11-24-13/h1-11H/b8-7+. The molecule has 0 saturated heterocycles. The van der Waals surface area contributed by atoms with Crippen molar-refractivity contribution in [2.75, 3.05) is 0 Å². The van der Waals surface area contributed by atoms with E-state index in [-0.39, 0.29) is 5.56 Å². The summed E-state index contributed by atoms with van der Waals surface area (Å²) in [6, 6.07) is 10.1. The molecule has 0 spiro atoms. The van der Waals surface area contributed by atoms with Crippen LogP contribution >= 0.6 is 0 Å². The topological polar surface area (TPSA) is 57.3 Å². The van der Waals surface area contributed by atoms with Crippen molar-refractivity contribution < 1.29 is 27.1 Å². The van der Waals surface area contributed by atoms with E-state index in [1.165, 1.54) is 30.7 Å².